The van der Waals surface area contributed by atoms with E-state index in [0.29, 0.717) is 35.9 Å². The molecule has 25 heavy (non-hydrogen) atoms. The molecule has 0 amide bonds. The maximum atomic E-state index is 5.83. The number of nitrogens with two attached hydrogens (primary N) is 1. The summed E-state index contributed by atoms with van der Waals surface area (Å²) in [6, 6.07) is 10.9. The first-order valence-corrected chi connectivity index (χ1v) is 7.91. The molecule has 0 saturated heterocycles. The molecular weight excluding hydrogens is 365 g/mol. The van der Waals surface area contributed by atoms with Gasteiger partial charge in [0.2, 0.25) is 0 Å². The van der Waals surface area contributed by atoms with Crippen molar-refractivity contribution in [3.8, 4) is 5.75 Å². The molecule has 2 heterocycles. The Labute approximate surface area is 156 Å². The first-order chi connectivity index (χ1) is 11.7. The van der Waals surface area contributed by atoms with E-state index in [1.165, 1.54) is 0 Å². The Bertz CT molecular complexity index is 717. The predicted octanol–water partition coefficient (Wildman–Crippen LogP) is 2.69. The molecule has 1 unspecified atom stereocenters. The van der Waals surface area contributed by atoms with E-state index >= 15 is 0 Å². The van der Waals surface area contributed by atoms with Crippen molar-refractivity contribution in [1.82, 2.24) is 10.6 Å². The number of nitrogens with zero attached hydrogens (tertiary/aromatic N) is 2. The number of guanidine groups is 2. The Morgan fingerprint density at radius 2 is 2.08 bits per heavy atom. The van der Waals surface area contributed by atoms with Crippen LogP contribution in [0.3, 0.4) is 0 Å². The first kappa shape index (κ1) is 19.0. The minimum atomic E-state index is -0.370. The largest absolute Gasteiger partial charge is 0.494 e. The Balaban J connectivity index is 0.00000225. The minimum absolute atomic E-state index is 0. The van der Waals surface area contributed by atoms with Gasteiger partial charge in [-0.3, -0.25) is 10.3 Å². The molecule has 0 fully saturated rings. The Morgan fingerprint density at radius 3 is 2.80 bits per heavy atom. The summed E-state index contributed by atoms with van der Waals surface area (Å²) in [5, 5.41) is 6.70. The summed E-state index contributed by atoms with van der Waals surface area (Å²) in [5.74, 6) is 2.33. The van der Waals surface area contributed by atoms with Crippen molar-refractivity contribution in [3.63, 3.8) is 0 Å². The molecule has 134 valence electrons. The van der Waals surface area contributed by atoms with Crippen LogP contribution in [0.15, 0.2) is 57.1 Å². The van der Waals surface area contributed by atoms with Gasteiger partial charge in [0.25, 0.3) is 0 Å². The fourth-order valence-corrected chi connectivity index (χ4v) is 2.26. The zero-order valence-electron chi connectivity index (χ0n) is 13.3. The standard InChI is InChI=1S/C16H18ClN5O2.ClH/c17-11-4-6-12(7-5-11)23-10-2-8-19-16-21-14(20-15(18)22-16)13-3-1-9-24-13;/h1,3-7,9,14H,2,8,10H2,(H4,18,19,20,21,22);1H. The van der Waals surface area contributed by atoms with Gasteiger partial charge < -0.3 is 20.2 Å². The van der Waals surface area contributed by atoms with Crippen molar-refractivity contribution in [1.29, 1.82) is 0 Å². The Morgan fingerprint density at radius 1 is 1.28 bits per heavy atom. The number of nitrogens with one attached hydrogen (secondary N) is 2. The molecular formula is C16H19Cl2N5O2. The quantitative estimate of drug-likeness (QED) is 0.666. The molecule has 2 aromatic rings. The lowest BCUT2D eigenvalue weighted by Gasteiger charge is -2.22. The summed E-state index contributed by atoms with van der Waals surface area (Å²) in [5.41, 5.74) is 5.78. The van der Waals surface area contributed by atoms with E-state index in [0.717, 1.165) is 12.2 Å². The fraction of sp³-hybridized carbons (Fsp3) is 0.250. The second kappa shape index (κ2) is 9.19. The van der Waals surface area contributed by atoms with E-state index in [9.17, 15) is 0 Å². The summed E-state index contributed by atoms with van der Waals surface area (Å²) < 4.78 is 11.0. The van der Waals surface area contributed by atoms with E-state index in [4.69, 9.17) is 26.5 Å². The van der Waals surface area contributed by atoms with Crippen LogP contribution in [-0.4, -0.2) is 25.1 Å². The minimum Gasteiger partial charge on any atom is -0.494 e. The van der Waals surface area contributed by atoms with Gasteiger partial charge in [-0.1, -0.05) is 11.6 Å². The molecule has 0 spiro atoms. The van der Waals surface area contributed by atoms with Crippen LogP contribution >= 0.6 is 24.0 Å². The monoisotopic (exact) mass is 383 g/mol. The number of halogens is 2. The van der Waals surface area contributed by atoms with Crippen LogP contribution in [0.1, 0.15) is 18.3 Å². The van der Waals surface area contributed by atoms with Crippen molar-refractivity contribution in [3.05, 3.63) is 53.4 Å². The van der Waals surface area contributed by atoms with Gasteiger partial charge in [0.15, 0.2) is 18.1 Å². The van der Waals surface area contributed by atoms with Crippen molar-refractivity contribution >= 4 is 35.9 Å². The van der Waals surface area contributed by atoms with Crippen LogP contribution in [-0.2, 0) is 0 Å². The summed E-state index contributed by atoms with van der Waals surface area (Å²) in [7, 11) is 0. The summed E-state index contributed by atoms with van der Waals surface area (Å²) >= 11 is 5.83. The van der Waals surface area contributed by atoms with Crippen LogP contribution in [0.25, 0.3) is 0 Å². The second-order valence-electron chi connectivity index (χ2n) is 5.09. The summed E-state index contributed by atoms with van der Waals surface area (Å²) in [4.78, 5) is 8.66. The Kier molecular flexibility index (Phi) is 6.97. The van der Waals surface area contributed by atoms with Gasteiger partial charge in [0.1, 0.15) is 11.5 Å². The highest BCUT2D eigenvalue weighted by molar-refractivity contribution is 6.30. The van der Waals surface area contributed by atoms with E-state index in [-0.39, 0.29) is 18.6 Å². The smallest absolute Gasteiger partial charge is 0.200 e. The van der Waals surface area contributed by atoms with E-state index in [2.05, 4.69) is 20.6 Å². The lowest BCUT2D eigenvalue weighted by molar-refractivity contribution is 0.313. The van der Waals surface area contributed by atoms with Crippen molar-refractivity contribution < 1.29 is 9.15 Å². The van der Waals surface area contributed by atoms with Gasteiger partial charge in [-0.15, -0.1) is 12.4 Å². The molecule has 1 aromatic heterocycles. The van der Waals surface area contributed by atoms with Crippen LogP contribution in [0.4, 0.5) is 0 Å². The SMILES string of the molecule is Cl.NC1=NC(c2ccco2)NC(=NCCCOc2ccc(Cl)cc2)N1. The van der Waals surface area contributed by atoms with E-state index in [1.54, 1.807) is 24.5 Å². The molecule has 1 aliphatic rings. The van der Waals surface area contributed by atoms with Gasteiger partial charge >= 0.3 is 0 Å². The zero-order chi connectivity index (χ0) is 16.8. The summed E-state index contributed by atoms with van der Waals surface area (Å²) in [6.45, 7) is 1.14. The molecule has 0 bridgehead atoms. The maximum absolute atomic E-state index is 5.83. The number of aliphatic imine (C=N–C) groups is 2. The number of furan rings is 1. The molecule has 4 N–H and O–H groups in total. The number of benzene rings is 1. The average Bonchev–Trinajstić information content (AvgIpc) is 3.10. The molecule has 0 radical (unpaired) electrons. The highest BCUT2D eigenvalue weighted by Crippen LogP contribution is 2.16. The Hall–Kier alpha value is -2.38. The van der Waals surface area contributed by atoms with Gasteiger partial charge in [-0.2, -0.15) is 0 Å². The molecule has 7 nitrogen and oxygen atoms in total. The highest BCUT2D eigenvalue weighted by atomic mass is 35.5. The van der Waals surface area contributed by atoms with Crippen LogP contribution in [0.5, 0.6) is 5.75 Å². The molecule has 3 rings (SSSR count). The van der Waals surface area contributed by atoms with Gasteiger partial charge in [-0.25, -0.2) is 4.99 Å². The van der Waals surface area contributed by atoms with Crippen molar-refractivity contribution in [2.75, 3.05) is 13.2 Å². The molecule has 9 heteroatoms. The lowest BCUT2D eigenvalue weighted by atomic mass is 10.3. The normalized spacial score (nSPS) is 17.9. The lowest BCUT2D eigenvalue weighted by Crippen LogP contribution is -2.50. The van der Waals surface area contributed by atoms with E-state index < -0.39 is 0 Å². The van der Waals surface area contributed by atoms with Gasteiger partial charge in [0, 0.05) is 18.0 Å². The van der Waals surface area contributed by atoms with Crippen molar-refractivity contribution in [2.45, 2.75) is 12.6 Å². The number of ether oxygens (including phenoxy) is 1. The molecule has 1 atom stereocenters. The third kappa shape index (κ3) is 5.58. The maximum Gasteiger partial charge on any atom is 0.200 e. The van der Waals surface area contributed by atoms with Crippen LogP contribution < -0.4 is 21.1 Å². The molecule has 1 aliphatic heterocycles. The van der Waals surface area contributed by atoms with Crippen LogP contribution in [0, 0.1) is 0 Å². The van der Waals surface area contributed by atoms with E-state index in [1.807, 2.05) is 18.2 Å². The number of hydrogen-bond acceptors (Lipinski definition) is 5. The average molecular weight is 384 g/mol. The predicted molar refractivity (Wildman–Crippen MR) is 100 cm³/mol. The zero-order valence-corrected chi connectivity index (χ0v) is 14.9. The molecule has 0 saturated carbocycles. The molecule has 1 aromatic carbocycles. The molecule has 0 aliphatic carbocycles. The highest BCUT2D eigenvalue weighted by Gasteiger charge is 2.20. The van der Waals surface area contributed by atoms with Gasteiger partial charge in [-0.05, 0) is 36.4 Å². The second-order valence-corrected chi connectivity index (χ2v) is 5.52. The van der Waals surface area contributed by atoms with Crippen molar-refractivity contribution in [2.24, 2.45) is 15.7 Å². The topological polar surface area (TPSA) is 97.2 Å². The number of rotatable bonds is 6. The summed E-state index contributed by atoms with van der Waals surface area (Å²) in [6.07, 6.45) is 1.98. The third-order valence-electron chi connectivity index (χ3n) is 3.26. The van der Waals surface area contributed by atoms with Crippen LogP contribution in [0.2, 0.25) is 5.02 Å². The first-order valence-electron chi connectivity index (χ1n) is 7.54. The van der Waals surface area contributed by atoms with Gasteiger partial charge in [0.05, 0.1) is 12.9 Å². The third-order valence-corrected chi connectivity index (χ3v) is 3.51. The fourth-order valence-electron chi connectivity index (χ4n) is 2.13. The number of hydrogen-bond donors (Lipinski definition) is 3.